The van der Waals surface area contributed by atoms with Crippen LogP contribution in [0.4, 0.5) is 0 Å². The average molecular weight is 433 g/mol. The van der Waals surface area contributed by atoms with Gasteiger partial charge in [0.1, 0.15) is 17.5 Å². The Kier molecular flexibility index (Phi) is 9.48. The van der Waals surface area contributed by atoms with Gasteiger partial charge in [-0.05, 0) is 42.7 Å². The fraction of sp³-hybridized carbons (Fsp3) is 0.391. The molecule has 2 amide bonds. The van der Waals surface area contributed by atoms with Crippen LogP contribution in [0.2, 0.25) is 5.02 Å². The molecule has 0 saturated carbocycles. The van der Waals surface area contributed by atoms with Gasteiger partial charge in [0, 0.05) is 13.1 Å². The highest BCUT2D eigenvalue weighted by molar-refractivity contribution is 6.32. The number of nitrogens with zero attached hydrogens (tertiary/aromatic N) is 1. The number of benzene rings is 2. The summed E-state index contributed by atoms with van der Waals surface area (Å²) in [5.41, 5.74) is 0.892. The fourth-order valence-corrected chi connectivity index (χ4v) is 3.19. The first-order chi connectivity index (χ1) is 14.5. The molecule has 7 heteroatoms. The number of ether oxygens (including phenoxy) is 2. The molecular formula is C23H29ClN2O4. The molecule has 30 heavy (non-hydrogen) atoms. The van der Waals surface area contributed by atoms with Crippen molar-refractivity contribution in [1.29, 1.82) is 0 Å². The number of para-hydroxylation sites is 1. The Balaban J connectivity index is 2.20. The highest BCUT2D eigenvalue weighted by Gasteiger charge is 2.28. The van der Waals surface area contributed by atoms with Crippen LogP contribution in [0.25, 0.3) is 0 Å². The van der Waals surface area contributed by atoms with Gasteiger partial charge in [0.2, 0.25) is 5.91 Å². The molecule has 1 N–H and O–H groups in total. The maximum absolute atomic E-state index is 13.1. The van der Waals surface area contributed by atoms with Crippen molar-refractivity contribution < 1.29 is 19.1 Å². The van der Waals surface area contributed by atoms with Crippen molar-refractivity contribution in [1.82, 2.24) is 10.2 Å². The van der Waals surface area contributed by atoms with Gasteiger partial charge in [-0.1, -0.05) is 49.7 Å². The Bertz CT molecular complexity index is 826. The monoisotopic (exact) mass is 432 g/mol. The molecule has 2 aromatic carbocycles. The summed E-state index contributed by atoms with van der Waals surface area (Å²) in [7, 11) is 1.60. The first-order valence-electron chi connectivity index (χ1n) is 10.1. The Morgan fingerprint density at radius 1 is 1.10 bits per heavy atom. The lowest BCUT2D eigenvalue weighted by atomic mass is 10.1. The van der Waals surface area contributed by atoms with E-state index >= 15 is 0 Å². The van der Waals surface area contributed by atoms with Gasteiger partial charge in [0.15, 0.2) is 6.61 Å². The lowest BCUT2D eigenvalue weighted by molar-refractivity contribution is -0.143. The number of hydrogen-bond acceptors (Lipinski definition) is 4. The van der Waals surface area contributed by atoms with Crippen LogP contribution >= 0.6 is 11.6 Å². The second-order valence-corrected chi connectivity index (χ2v) is 7.21. The highest BCUT2D eigenvalue weighted by Crippen LogP contribution is 2.23. The molecular weight excluding hydrogens is 404 g/mol. The predicted molar refractivity (Wildman–Crippen MR) is 118 cm³/mol. The first kappa shape index (κ1) is 23.5. The summed E-state index contributed by atoms with van der Waals surface area (Å²) >= 11 is 6.12. The van der Waals surface area contributed by atoms with Crippen molar-refractivity contribution >= 4 is 23.4 Å². The largest absolute Gasteiger partial charge is 0.497 e. The third-order valence-corrected chi connectivity index (χ3v) is 4.95. The number of hydrogen-bond donors (Lipinski definition) is 1. The number of carbonyl (C=O) groups excluding carboxylic acids is 2. The summed E-state index contributed by atoms with van der Waals surface area (Å²) < 4.78 is 10.8. The number of methoxy groups -OCH3 is 1. The molecule has 0 fully saturated rings. The molecule has 6 nitrogen and oxygen atoms in total. The zero-order valence-electron chi connectivity index (χ0n) is 17.7. The molecule has 0 aliphatic carbocycles. The van der Waals surface area contributed by atoms with Crippen LogP contribution < -0.4 is 14.8 Å². The topological polar surface area (TPSA) is 67.9 Å². The molecule has 0 aromatic heterocycles. The molecule has 1 atom stereocenters. The highest BCUT2D eigenvalue weighted by atomic mass is 35.5. The molecule has 0 aliphatic heterocycles. The van der Waals surface area contributed by atoms with Crippen molar-refractivity contribution in [2.24, 2.45) is 0 Å². The van der Waals surface area contributed by atoms with E-state index in [0.29, 0.717) is 23.7 Å². The van der Waals surface area contributed by atoms with Crippen LogP contribution in [0.3, 0.4) is 0 Å². The van der Waals surface area contributed by atoms with Gasteiger partial charge in [-0.25, -0.2) is 0 Å². The minimum absolute atomic E-state index is 0.168. The van der Waals surface area contributed by atoms with Crippen molar-refractivity contribution in [3.8, 4) is 11.5 Å². The van der Waals surface area contributed by atoms with Crippen LogP contribution in [0.5, 0.6) is 11.5 Å². The van der Waals surface area contributed by atoms with Gasteiger partial charge in [0.25, 0.3) is 5.91 Å². The lowest BCUT2D eigenvalue weighted by Crippen LogP contribution is -2.50. The second-order valence-electron chi connectivity index (χ2n) is 6.80. The normalized spacial score (nSPS) is 11.5. The quantitative estimate of drug-likeness (QED) is 0.581. The van der Waals surface area contributed by atoms with Crippen molar-refractivity contribution in [3.63, 3.8) is 0 Å². The number of amides is 2. The number of carbonyl (C=O) groups is 2. The number of rotatable bonds is 11. The SMILES string of the molecule is CCCNC(=O)[C@@H](CC)N(Cc1ccc(OC)cc1)C(=O)COc1ccccc1Cl. The molecule has 0 unspecified atom stereocenters. The number of nitrogens with one attached hydrogen (secondary N) is 1. The molecule has 0 saturated heterocycles. The van der Waals surface area contributed by atoms with E-state index in [9.17, 15) is 9.59 Å². The zero-order chi connectivity index (χ0) is 21.9. The van der Waals surface area contributed by atoms with Gasteiger partial charge in [-0.3, -0.25) is 9.59 Å². The summed E-state index contributed by atoms with van der Waals surface area (Å²) in [5.74, 6) is 0.704. The molecule has 0 heterocycles. The first-order valence-corrected chi connectivity index (χ1v) is 10.4. The third kappa shape index (κ3) is 6.66. The van der Waals surface area contributed by atoms with E-state index in [1.807, 2.05) is 38.1 Å². The van der Waals surface area contributed by atoms with Crippen molar-refractivity contribution in [2.75, 3.05) is 20.3 Å². The van der Waals surface area contributed by atoms with E-state index in [-0.39, 0.29) is 25.0 Å². The molecule has 0 radical (unpaired) electrons. The fourth-order valence-electron chi connectivity index (χ4n) is 3.00. The maximum Gasteiger partial charge on any atom is 0.261 e. The average Bonchev–Trinajstić information content (AvgIpc) is 2.77. The Labute approximate surface area is 183 Å². The summed E-state index contributed by atoms with van der Waals surface area (Å²) in [6, 6.07) is 13.8. The van der Waals surface area contributed by atoms with E-state index in [1.165, 1.54) is 0 Å². The Morgan fingerprint density at radius 3 is 2.40 bits per heavy atom. The van der Waals surface area contributed by atoms with Gasteiger partial charge in [-0.2, -0.15) is 0 Å². The van der Waals surface area contributed by atoms with E-state index in [2.05, 4.69) is 5.32 Å². The van der Waals surface area contributed by atoms with Crippen LogP contribution in [-0.4, -0.2) is 43.0 Å². The zero-order valence-corrected chi connectivity index (χ0v) is 18.4. The molecule has 0 spiro atoms. The molecule has 2 aromatic rings. The van der Waals surface area contributed by atoms with E-state index in [4.69, 9.17) is 21.1 Å². The van der Waals surface area contributed by atoms with Gasteiger partial charge < -0.3 is 19.7 Å². The summed E-state index contributed by atoms with van der Waals surface area (Å²) in [5, 5.41) is 3.32. The van der Waals surface area contributed by atoms with Gasteiger partial charge in [0.05, 0.1) is 12.1 Å². The molecule has 162 valence electrons. The van der Waals surface area contributed by atoms with Crippen molar-refractivity contribution in [3.05, 3.63) is 59.1 Å². The Morgan fingerprint density at radius 2 is 1.80 bits per heavy atom. The van der Waals surface area contributed by atoms with Gasteiger partial charge >= 0.3 is 0 Å². The Hall–Kier alpha value is -2.73. The van der Waals surface area contributed by atoms with Crippen LogP contribution in [-0.2, 0) is 16.1 Å². The van der Waals surface area contributed by atoms with E-state index in [0.717, 1.165) is 17.7 Å². The smallest absolute Gasteiger partial charge is 0.261 e. The minimum Gasteiger partial charge on any atom is -0.497 e. The number of halogens is 1. The van der Waals surface area contributed by atoms with Crippen LogP contribution in [0.1, 0.15) is 32.3 Å². The maximum atomic E-state index is 13.1. The standard InChI is InChI=1S/C23H29ClN2O4/c1-4-14-25-23(28)20(5-2)26(15-17-10-12-18(29-3)13-11-17)22(27)16-30-21-9-7-6-8-19(21)24/h6-13,20H,4-5,14-16H2,1-3H3,(H,25,28)/t20-/m1/s1. The molecule has 0 bridgehead atoms. The van der Waals surface area contributed by atoms with Crippen LogP contribution in [0, 0.1) is 0 Å². The summed E-state index contributed by atoms with van der Waals surface area (Å²) in [6.45, 7) is 4.51. The summed E-state index contributed by atoms with van der Waals surface area (Å²) in [6.07, 6.45) is 1.31. The second kappa shape index (κ2) is 12.1. The van der Waals surface area contributed by atoms with Crippen LogP contribution in [0.15, 0.2) is 48.5 Å². The van der Waals surface area contributed by atoms with Gasteiger partial charge in [-0.15, -0.1) is 0 Å². The third-order valence-electron chi connectivity index (χ3n) is 4.63. The minimum atomic E-state index is -0.596. The molecule has 2 rings (SSSR count). The summed E-state index contributed by atoms with van der Waals surface area (Å²) in [4.78, 5) is 27.4. The van der Waals surface area contributed by atoms with E-state index < -0.39 is 6.04 Å². The van der Waals surface area contributed by atoms with Crippen molar-refractivity contribution in [2.45, 2.75) is 39.3 Å². The van der Waals surface area contributed by atoms with E-state index in [1.54, 1.807) is 36.3 Å². The lowest BCUT2D eigenvalue weighted by Gasteiger charge is -2.30. The predicted octanol–water partition coefficient (Wildman–Crippen LogP) is 4.06. The molecule has 0 aliphatic rings.